The van der Waals surface area contributed by atoms with E-state index < -0.39 is 0 Å². The van der Waals surface area contributed by atoms with Crippen molar-refractivity contribution in [3.05, 3.63) is 30.1 Å². The summed E-state index contributed by atoms with van der Waals surface area (Å²) in [6.45, 7) is 5.08. The molecular weight excluding hydrogens is 178 g/mol. The standard InChI is InChI=1S/C11H14NO2/c1-8(2)11(14)12-7-5-4-6-10(12)9(3)13/h4-8H,1-3H3/q+1. The first-order valence-corrected chi connectivity index (χ1v) is 4.60. The summed E-state index contributed by atoms with van der Waals surface area (Å²) in [5, 5.41) is 0. The zero-order valence-electron chi connectivity index (χ0n) is 8.65. The van der Waals surface area contributed by atoms with Crippen LogP contribution in [0.4, 0.5) is 0 Å². The number of rotatable bonds is 2. The molecule has 0 N–H and O–H groups in total. The second kappa shape index (κ2) is 4.13. The first kappa shape index (κ1) is 10.6. The predicted octanol–water partition coefficient (Wildman–Crippen LogP) is 1.47. The van der Waals surface area contributed by atoms with E-state index in [1.807, 2.05) is 13.8 Å². The van der Waals surface area contributed by atoms with Gasteiger partial charge >= 0.3 is 5.91 Å². The number of carbonyl (C=O) groups excluding carboxylic acids is 2. The lowest BCUT2D eigenvalue weighted by atomic mass is 10.2. The van der Waals surface area contributed by atoms with E-state index in [9.17, 15) is 9.59 Å². The van der Waals surface area contributed by atoms with E-state index in [2.05, 4.69) is 0 Å². The largest absolute Gasteiger partial charge is 0.395 e. The highest BCUT2D eigenvalue weighted by atomic mass is 16.2. The molecule has 1 aromatic rings. The van der Waals surface area contributed by atoms with E-state index in [4.69, 9.17) is 0 Å². The number of hydrogen-bond donors (Lipinski definition) is 0. The Morgan fingerprint density at radius 3 is 2.43 bits per heavy atom. The lowest BCUT2D eigenvalue weighted by molar-refractivity contribution is -0.579. The monoisotopic (exact) mass is 192 g/mol. The fourth-order valence-electron chi connectivity index (χ4n) is 1.20. The average Bonchev–Trinajstić information content (AvgIpc) is 2.16. The molecule has 0 atom stereocenters. The molecule has 0 unspecified atom stereocenters. The zero-order valence-corrected chi connectivity index (χ0v) is 8.65. The minimum atomic E-state index is -0.111. The molecule has 0 aliphatic heterocycles. The Kier molecular flexibility index (Phi) is 3.12. The molecule has 0 aliphatic carbocycles. The Morgan fingerprint density at radius 1 is 1.29 bits per heavy atom. The number of aromatic nitrogens is 1. The van der Waals surface area contributed by atoms with Gasteiger partial charge in [0.05, 0.1) is 5.92 Å². The molecule has 3 heteroatoms. The molecule has 1 heterocycles. The van der Waals surface area contributed by atoms with E-state index in [0.717, 1.165) is 0 Å². The fraction of sp³-hybridized carbons (Fsp3) is 0.364. The molecule has 0 aliphatic rings. The summed E-state index contributed by atoms with van der Waals surface area (Å²) in [6, 6.07) is 5.15. The summed E-state index contributed by atoms with van der Waals surface area (Å²) >= 11 is 0. The van der Waals surface area contributed by atoms with Gasteiger partial charge < -0.3 is 0 Å². The quantitative estimate of drug-likeness (QED) is 0.525. The number of pyridine rings is 1. The van der Waals surface area contributed by atoms with E-state index >= 15 is 0 Å². The number of ketones is 1. The van der Waals surface area contributed by atoms with Crippen molar-refractivity contribution in [3.8, 4) is 0 Å². The van der Waals surface area contributed by atoms with Gasteiger partial charge in [0.25, 0.3) is 5.69 Å². The minimum Gasteiger partial charge on any atom is -0.288 e. The summed E-state index contributed by atoms with van der Waals surface area (Å²) in [5.41, 5.74) is 0.436. The van der Waals surface area contributed by atoms with Crippen molar-refractivity contribution in [1.82, 2.24) is 0 Å². The summed E-state index contributed by atoms with van der Waals surface area (Å²) in [6.07, 6.45) is 1.62. The van der Waals surface area contributed by atoms with Gasteiger partial charge in [0.15, 0.2) is 6.20 Å². The number of nitrogens with zero attached hydrogens (tertiary/aromatic N) is 1. The van der Waals surface area contributed by atoms with Gasteiger partial charge in [-0.2, -0.15) is 0 Å². The second-order valence-corrected chi connectivity index (χ2v) is 3.51. The molecule has 0 spiro atoms. The molecule has 0 bridgehead atoms. The molecule has 3 nitrogen and oxygen atoms in total. The first-order valence-electron chi connectivity index (χ1n) is 4.60. The summed E-state index contributed by atoms with van der Waals surface area (Å²) in [4.78, 5) is 22.9. The molecule has 0 radical (unpaired) electrons. The Labute approximate surface area is 83.4 Å². The fourth-order valence-corrected chi connectivity index (χ4v) is 1.20. The Hall–Kier alpha value is -1.51. The number of hydrogen-bond acceptors (Lipinski definition) is 2. The molecule has 14 heavy (non-hydrogen) atoms. The van der Waals surface area contributed by atoms with Gasteiger partial charge in [-0.15, -0.1) is 4.57 Å². The van der Waals surface area contributed by atoms with Crippen LogP contribution in [0, 0.1) is 5.92 Å². The maximum Gasteiger partial charge on any atom is 0.395 e. The van der Waals surface area contributed by atoms with Crippen molar-refractivity contribution >= 4 is 11.7 Å². The second-order valence-electron chi connectivity index (χ2n) is 3.51. The van der Waals surface area contributed by atoms with Gasteiger partial charge in [-0.3, -0.25) is 4.79 Å². The lowest BCUT2D eigenvalue weighted by Gasteiger charge is -2.00. The number of Topliss-reactive ketones (excluding diaryl/α,β-unsaturated/α-hetero) is 1. The Balaban J connectivity index is 3.20. The Bertz CT molecular complexity index is 369. The van der Waals surface area contributed by atoms with Crippen molar-refractivity contribution in [2.75, 3.05) is 0 Å². The lowest BCUT2D eigenvalue weighted by Crippen LogP contribution is -2.49. The molecule has 0 amide bonds. The van der Waals surface area contributed by atoms with Crippen LogP contribution in [0.2, 0.25) is 0 Å². The highest BCUT2D eigenvalue weighted by Crippen LogP contribution is 1.97. The van der Waals surface area contributed by atoms with Crippen molar-refractivity contribution < 1.29 is 14.2 Å². The van der Waals surface area contributed by atoms with Crippen molar-refractivity contribution in [1.29, 1.82) is 0 Å². The van der Waals surface area contributed by atoms with Crippen molar-refractivity contribution in [2.45, 2.75) is 20.8 Å². The molecule has 1 rings (SSSR count). The van der Waals surface area contributed by atoms with Gasteiger partial charge in [-0.1, -0.05) is 0 Å². The number of carbonyl (C=O) groups is 2. The third-order valence-corrected chi connectivity index (χ3v) is 1.95. The van der Waals surface area contributed by atoms with Crippen LogP contribution in [0.15, 0.2) is 24.4 Å². The molecule has 0 aromatic carbocycles. The zero-order chi connectivity index (χ0) is 10.7. The van der Waals surface area contributed by atoms with Crippen molar-refractivity contribution in [3.63, 3.8) is 0 Å². The van der Waals surface area contributed by atoms with Crippen LogP contribution in [0.3, 0.4) is 0 Å². The third-order valence-electron chi connectivity index (χ3n) is 1.95. The molecule has 1 aromatic heterocycles. The van der Waals surface area contributed by atoms with Gasteiger partial charge in [0, 0.05) is 19.1 Å². The summed E-state index contributed by atoms with van der Waals surface area (Å²) < 4.78 is 1.41. The highest BCUT2D eigenvalue weighted by Gasteiger charge is 2.24. The van der Waals surface area contributed by atoms with Gasteiger partial charge in [0.1, 0.15) is 0 Å². The van der Waals surface area contributed by atoms with Gasteiger partial charge in [0.2, 0.25) is 5.78 Å². The maximum absolute atomic E-state index is 11.7. The van der Waals surface area contributed by atoms with E-state index in [1.165, 1.54) is 11.5 Å². The molecule has 0 saturated heterocycles. The predicted molar refractivity (Wildman–Crippen MR) is 52.1 cm³/mol. The van der Waals surface area contributed by atoms with Gasteiger partial charge in [-0.25, -0.2) is 4.79 Å². The molecular formula is C11H14NO2+. The SMILES string of the molecule is CC(=O)c1cccc[n+]1C(=O)C(C)C. The summed E-state index contributed by atoms with van der Waals surface area (Å²) in [7, 11) is 0. The van der Waals surface area contributed by atoms with E-state index in [0.29, 0.717) is 5.69 Å². The Morgan fingerprint density at radius 2 is 1.93 bits per heavy atom. The molecule has 74 valence electrons. The van der Waals surface area contributed by atoms with Gasteiger partial charge in [-0.05, 0) is 19.9 Å². The van der Waals surface area contributed by atoms with Crippen LogP contribution in [-0.4, -0.2) is 11.7 Å². The van der Waals surface area contributed by atoms with E-state index in [-0.39, 0.29) is 17.6 Å². The molecule has 0 saturated carbocycles. The topological polar surface area (TPSA) is 38.0 Å². The maximum atomic E-state index is 11.7. The van der Waals surface area contributed by atoms with Crippen LogP contribution >= 0.6 is 0 Å². The smallest absolute Gasteiger partial charge is 0.288 e. The van der Waals surface area contributed by atoms with Crippen LogP contribution in [0.1, 0.15) is 36.1 Å². The summed E-state index contributed by atoms with van der Waals surface area (Å²) in [5.74, 6) is -0.268. The van der Waals surface area contributed by atoms with Crippen molar-refractivity contribution in [2.24, 2.45) is 5.92 Å². The minimum absolute atomic E-state index is 0.0594. The van der Waals surface area contributed by atoms with Crippen LogP contribution in [-0.2, 0) is 0 Å². The highest BCUT2D eigenvalue weighted by molar-refractivity contribution is 5.91. The molecule has 0 fully saturated rings. The van der Waals surface area contributed by atoms with Crippen LogP contribution in [0.25, 0.3) is 0 Å². The van der Waals surface area contributed by atoms with Crippen LogP contribution in [0.5, 0.6) is 0 Å². The first-order chi connectivity index (χ1) is 6.54. The average molecular weight is 192 g/mol. The van der Waals surface area contributed by atoms with E-state index in [1.54, 1.807) is 24.4 Å². The normalized spacial score (nSPS) is 10.3. The third kappa shape index (κ3) is 2.05. The van der Waals surface area contributed by atoms with Crippen LogP contribution < -0.4 is 4.57 Å².